The van der Waals surface area contributed by atoms with Crippen molar-refractivity contribution in [1.29, 1.82) is 0 Å². The second-order valence-electron chi connectivity index (χ2n) is 6.29. The zero-order valence-electron chi connectivity index (χ0n) is 14.4. The maximum Gasteiger partial charge on any atom is 0.241 e. The van der Waals surface area contributed by atoms with Crippen LogP contribution in [0.15, 0.2) is 42.5 Å². The van der Waals surface area contributed by atoms with E-state index in [1.54, 1.807) is 19.1 Å². The molecule has 0 radical (unpaired) electrons. The lowest BCUT2D eigenvalue weighted by molar-refractivity contribution is -0.120. The number of halogens is 3. The summed E-state index contributed by atoms with van der Waals surface area (Å²) in [5.74, 6) is -2.49. The average Bonchev–Trinajstić information content (AvgIpc) is 2.65. The van der Waals surface area contributed by atoms with Crippen LogP contribution in [-0.4, -0.2) is 43.0 Å². The van der Waals surface area contributed by atoms with Crippen LogP contribution >= 0.6 is 0 Å². The number of nitrogens with one attached hydrogen (secondary N) is 1. The summed E-state index contributed by atoms with van der Waals surface area (Å²) in [6.45, 7) is 4.55. The number of carbonyl (C=O) groups is 1. The fourth-order valence-corrected chi connectivity index (χ4v) is 3.01. The van der Waals surface area contributed by atoms with Crippen LogP contribution < -0.4 is 10.2 Å². The molecule has 3 rings (SSSR count). The van der Waals surface area contributed by atoms with Gasteiger partial charge in [0.05, 0.1) is 6.04 Å². The van der Waals surface area contributed by atoms with Crippen molar-refractivity contribution in [3.05, 3.63) is 59.9 Å². The predicted octanol–water partition coefficient (Wildman–Crippen LogP) is 3.25. The van der Waals surface area contributed by atoms with E-state index in [1.807, 2.05) is 4.90 Å². The zero-order valence-corrected chi connectivity index (χ0v) is 14.4. The van der Waals surface area contributed by atoms with Crippen molar-refractivity contribution in [2.24, 2.45) is 0 Å². The van der Waals surface area contributed by atoms with Gasteiger partial charge in [0.1, 0.15) is 5.82 Å². The van der Waals surface area contributed by atoms with E-state index in [0.29, 0.717) is 26.2 Å². The standard InChI is InChI=1S/C19H20F3N3O/c1-13(19(26)23-15-4-7-17(21)18(22)12-15)24-8-10-25(11-9-24)16-5-2-14(20)3-6-16/h2-7,12-13H,8-11H2,1H3,(H,23,26)/t13-/m1/s1. The molecule has 2 aromatic rings. The summed E-state index contributed by atoms with van der Waals surface area (Å²) in [6.07, 6.45) is 0. The van der Waals surface area contributed by atoms with E-state index >= 15 is 0 Å². The van der Waals surface area contributed by atoms with Crippen molar-refractivity contribution in [2.75, 3.05) is 36.4 Å². The number of rotatable bonds is 4. The molecule has 26 heavy (non-hydrogen) atoms. The van der Waals surface area contributed by atoms with Crippen LogP contribution in [0.2, 0.25) is 0 Å². The molecule has 1 amide bonds. The van der Waals surface area contributed by atoms with Crippen molar-refractivity contribution >= 4 is 17.3 Å². The fourth-order valence-electron chi connectivity index (χ4n) is 3.01. The highest BCUT2D eigenvalue weighted by atomic mass is 19.2. The summed E-state index contributed by atoms with van der Waals surface area (Å²) in [7, 11) is 0. The van der Waals surface area contributed by atoms with Gasteiger partial charge in [-0.3, -0.25) is 9.69 Å². The van der Waals surface area contributed by atoms with Gasteiger partial charge in [0.25, 0.3) is 0 Å². The van der Waals surface area contributed by atoms with Gasteiger partial charge in [0.2, 0.25) is 5.91 Å². The molecule has 1 atom stereocenters. The van der Waals surface area contributed by atoms with Gasteiger partial charge >= 0.3 is 0 Å². The summed E-state index contributed by atoms with van der Waals surface area (Å²) >= 11 is 0. The molecule has 0 aliphatic carbocycles. The summed E-state index contributed by atoms with van der Waals surface area (Å²) in [5.41, 5.74) is 1.18. The van der Waals surface area contributed by atoms with Crippen molar-refractivity contribution in [2.45, 2.75) is 13.0 Å². The minimum atomic E-state index is -0.997. The third kappa shape index (κ3) is 4.16. The van der Waals surface area contributed by atoms with Crippen LogP contribution in [0, 0.1) is 17.5 Å². The molecule has 2 aromatic carbocycles. The Morgan fingerprint density at radius 1 is 0.962 bits per heavy atom. The lowest BCUT2D eigenvalue weighted by Gasteiger charge is -2.38. The van der Waals surface area contributed by atoms with Gasteiger partial charge in [-0.15, -0.1) is 0 Å². The third-order valence-electron chi connectivity index (χ3n) is 4.62. The van der Waals surface area contributed by atoms with E-state index < -0.39 is 17.7 Å². The molecule has 7 heteroatoms. The second-order valence-corrected chi connectivity index (χ2v) is 6.29. The fraction of sp³-hybridized carbons (Fsp3) is 0.316. The number of amides is 1. The molecule has 1 N–H and O–H groups in total. The van der Waals surface area contributed by atoms with Gasteiger partial charge in [0.15, 0.2) is 11.6 Å². The van der Waals surface area contributed by atoms with E-state index in [-0.39, 0.29) is 17.4 Å². The molecule has 1 heterocycles. The Labute approximate surface area is 150 Å². The van der Waals surface area contributed by atoms with Crippen LogP contribution in [0.4, 0.5) is 24.5 Å². The van der Waals surface area contributed by atoms with Gasteiger partial charge in [0, 0.05) is 43.6 Å². The zero-order chi connectivity index (χ0) is 18.7. The summed E-state index contributed by atoms with van der Waals surface area (Å²) in [6, 6.07) is 9.21. The quantitative estimate of drug-likeness (QED) is 0.906. The van der Waals surface area contributed by atoms with Crippen LogP contribution in [-0.2, 0) is 4.79 Å². The molecule has 1 aliphatic rings. The summed E-state index contributed by atoms with van der Waals surface area (Å²) < 4.78 is 39.2. The molecule has 1 fully saturated rings. The first-order valence-electron chi connectivity index (χ1n) is 8.44. The number of hydrogen-bond acceptors (Lipinski definition) is 3. The SMILES string of the molecule is C[C@H](C(=O)Nc1ccc(F)c(F)c1)N1CCN(c2ccc(F)cc2)CC1. The Hall–Kier alpha value is -2.54. The molecule has 1 saturated heterocycles. The number of nitrogens with zero attached hydrogens (tertiary/aromatic N) is 2. The molecular formula is C19H20F3N3O. The molecule has 0 bridgehead atoms. The summed E-state index contributed by atoms with van der Waals surface area (Å²) in [4.78, 5) is 16.5. The largest absolute Gasteiger partial charge is 0.369 e. The van der Waals surface area contributed by atoms with Gasteiger partial charge in [-0.2, -0.15) is 0 Å². The normalized spacial score (nSPS) is 16.4. The van der Waals surface area contributed by atoms with Gasteiger partial charge in [-0.1, -0.05) is 0 Å². The lowest BCUT2D eigenvalue weighted by atomic mass is 10.2. The van der Waals surface area contributed by atoms with Crippen molar-refractivity contribution in [3.8, 4) is 0 Å². The first-order valence-corrected chi connectivity index (χ1v) is 8.44. The number of hydrogen-bond donors (Lipinski definition) is 1. The van der Waals surface area contributed by atoms with Crippen LogP contribution in [0.25, 0.3) is 0 Å². The lowest BCUT2D eigenvalue weighted by Crippen LogP contribution is -2.52. The first-order chi connectivity index (χ1) is 12.4. The van der Waals surface area contributed by atoms with Crippen molar-refractivity contribution < 1.29 is 18.0 Å². The van der Waals surface area contributed by atoms with E-state index in [9.17, 15) is 18.0 Å². The van der Waals surface area contributed by atoms with Gasteiger partial charge < -0.3 is 10.2 Å². The smallest absolute Gasteiger partial charge is 0.241 e. The molecule has 0 aromatic heterocycles. The maximum atomic E-state index is 13.2. The van der Waals surface area contributed by atoms with E-state index in [2.05, 4.69) is 10.2 Å². The minimum absolute atomic E-state index is 0.227. The number of benzene rings is 2. The van der Waals surface area contributed by atoms with Gasteiger partial charge in [-0.25, -0.2) is 13.2 Å². The highest BCUT2D eigenvalue weighted by Gasteiger charge is 2.26. The molecule has 138 valence electrons. The highest BCUT2D eigenvalue weighted by Crippen LogP contribution is 2.19. The minimum Gasteiger partial charge on any atom is -0.369 e. The molecule has 1 aliphatic heterocycles. The van der Waals surface area contributed by atoms with E-state index in [0.717, 1.165) is 17.8 Å². The number of piperazine rings is 1. The Bertz CT molecular complexity index is 774. The van der Waals surface area contributed by atoms with E-state index in [4.69, 9.17) is 0 Å². The maximum absolute atomic E-state index is 13.2. The van der Waals surface area contributed by atoms with Crippen molar-refractivity contribution in [3.63, 3.8) is 0 Å². The Balaban J connectivity index is 1.55. The van der Waals surface area contributed by atoms with Crippen LogP contribution in [0.5, 0.6) is 0 Å². The summed E-state index contributed by atoms with van der Waals surface area (Å²) in [5, 5.41) is 2.61. The topological polar surface area (TPSA) is 35.6 Å². The van der Waals surface area contributed by atoms with Gasteiger partial charge in [-0.05, 0) is 43.3 Å². The first kappa shape index (κ1) is 18.3. The average molecular weight is 363 g/mol. The highest BCUT2D eigenvalue weighted by molar-refractivity contribution is 5.94. The monoisotopic (exact) mass is 363 g/mol. The molecular weight excluding hydrogens is 343 g/mol. The molecule has 0 spiro atoms. The second kappa shape index (κ2) is 7.78. The Kier molecular flexibility index (Phi) is 5.46. The predicted molar refractivity (Wildman–Crippen MR) is 94.6 cm³/mol. The molecule has 0 saturated carbocycles. The molecule has 4 nitrogen and oxygen atoms in total. The Morgan fingerprint density at radius 3 is 2.23 bits per heavy atom. The van der Waals surface area contributed by atoms with E-state index in [1.165, 1.54) is 18.2 Å². The number of anilines is 2. The van der Waals surface area contributed by atoms with Crippen LogP contribution in [0.3, 0.4) is 0 Å². The molecule has 0 unspecified atom stereocenters. The number of carbonyl (C=O) groups excluding carboxylic acids is 1. The van der Waals surface area contributed by atoms with Crippen LogP contribution in [0.1, 0.15) is 6.92 Å². The Morgan fingerprint density at radius 2 is 1.62 bits per heavy atom. The third-order valence-corrected chi connectivity index (χ3v) is 4.62. The van der Waals surface area contributed by atoms with Crippen molar-refractivity contribution in [1.82, 2.24) is 4.90 Å².